The van der Waals surface area contributed by atoms with Crippen LogP contribution in [-0.2, 0) is 0 Å². The molecule has 0 atom stereocenters. The molecule has 0 aromatic heterocycles. The molecule has 0 spiro atoms. The fourth-order valence-electron chi connectivity index (χ4n) is 6.88. The van der Waals surface area contributed by atoms with E-state index < -0.39 is 0 Å². The fraction of sp³-hybridized carbons (Fsp3) is 0.0213. The van der Waals surface area contributed by atoms with Crippen molar-refractivity contribution >= 4 is 43.1 Å². The number of hydrogen-bond donors (Lipinski definition) is 0. The lowest BCUT2D eigenvalue weighted by atomic mass is 9.83. The molecule has 0 aliphatic rings. The summed E-state index contributed by atoms with van der Waals surface area (Å²) >= 11 is 0. The number of aryl methyl sites for hydroxylation is 1. The lowest BCUT2D eigenvalue weighted by molar-refractivity contribution is 1.47. The Morgan fingerprint density at radius 3 is 1.83 bits per heavy atom. The summed E-state index contributed by atoms with van der Waals surface area (Å²) < 4.78 is 66.1. The summed E-state index contributed by atoms with van der Waals surface area (Å²) in [6, 6.07) is 41.8. The highest BCUT2D eigenvalue weighted by atomic mass is 14.2. The van der Waals surface area contributed by atoms with E-state index in [4.69, 9.17) is 2.74 Å². The van der Waals surface area contributed by atoms with E-state index in [1.165, 1.54) is 0 Å². The summed E-state index contributed by atoms with van der Waals surface area (Å²) in [5.41, 5.74) is 6.31. The molecule has 9 aromatic rings. The maximum absolute atomic E-state index is 10.2. The number of rotatable bonds is 4. The van der Waals surface area contributed by atoms with Crippen molar-refractivity contribution < 1.29 is 9.60 Å². The maximum atomic E-state index is 10.2. The Morgan fingerprint density at radius 1 is 0.383 bits per heavy atom. The van der Waals surface area contributed by atoms with Crippen molar-refractivity contribution in [3.63, 3.8) is 0 Å². The van der Waals surface area contributed by atoms with Gasteiger partial charge in [-0.3, -0.25) is 0 Å². The molecule has 0 unspecified atom stereocenters. The number of hydrogen-bond acceptors (Lipinski definition) is 0. The summed E-state index contributed by atoms with van der Waals surface area (Å²) in [7, 11) is 0. The van der Waals surface area contributed by atoms with Gasteiger partial charge in [-0.15, -0.1) is 0 Å². The van der Waals surface area contributed by atoms with Crippen molar-refractivity contribution in [2.45, 2.75) is 6.92 Å². The molecule has 0 aliphatic heterocycles. The Labute approximate surface area is 285 Å². The molecule has 9 rings (SSSR count). The van der Waals surface area contributed by atoms with Crippen LogP contribution in [0.25, 0.3) is 87.6 Å². The molecule has 0 N–H and O–H groups in total. The average molecular weight is 604 g/mol. The summed E-state index contributed by atoms with van der Waals surface area (Å²) in [5, 5.41) is 4.76. The van der Waals surface area contributed by atoms with Gasteiger partial charge in [0.2, 0.25) is 0 Å². The molecule has 0 amide bonds. The smallest absolute Gasteiger partial charge is 0.0622 e. The minimum atomic E-state index is -0.381. The molecule has 0 radical (unpaired) electrons. The van der Waals surface area contributed by atoms with Gasteiger partial charge in [0.05, 0.1) is 9.60 Å². The normalized spacial score (nSPS) is 13.6. The molecular weight excluding hydrogens is 565 g/mol. The summed E-state index contributed by atoms with van der Waals surface area (Å²) in [6.45, 7) is 2.05. The molecule has 0 nitrogen and oxygen atoms in total. The van der Waals surface area contributed by atoms with Gasteiger partial charge in [0.1, 0.15) is 0 Å². The first-order valence-electron chi connectivity index (χ1n) is 19.3. The van der Waals surface area contributed by atoms with E-state index in [1.807, 2.05) is 97.1 Å². The average Bonchev–Trinajstić information content (AvgIpc) is 3.20. The van der Waals surface area contributed by atoms with Gasteiger partial charge in [0, 0.05) is 0 Å². The number of fused-ring (bicyclic) bond motifs is 4. The van der Waals surface area contributed by atoms with Crippen LogP contribution in [0.3, 0.4) is 0 Å². The largest absolute Gasteiger partial charge is 0.0636 e. The minimum absolute atomic E-state index is 0.0219. The molecule has 0 fully saturated rings. The Morgan fingerprint density at radius 2 is 1.02 bits per heavy atom. The molecule has 0 heterocycles. The van der Waals surface area contributed by atoms with Gasteiger partial charge in [-0.25, -0.2) is 0 Å². The quantitative estimate of drug-likeness (QED) is 0.176. The lowest BCUT2D eigenvalue weighted by Crippen LogP contribution is -1.92. The van der Waals surface area contributed by atoms with E-state index in [1.54, 1.807) is 0 Å². The highest BCUT2D eigenvalue weighted by molar-refractivity contribution is 6.24. The van der Waals surface area contributed by atoms with Crippen LogP contribution in [0, 0.1) is 6.92 Å². The van der Waals surface area contributed by atoms with Crippen LogP contribution in [0.4, 0.5) is 0 Å². The first-order chi connectivity index (χ1) is 26.2. The fourth-order valence-corrected chi connectivity index (χ4v) is 6.88. The third kappa shape index (κ3) is 4.61. The van der Waals surface area contributed by atoms with Crippen LogP contribution in [0.15, 0.2) is 176 Å². The van der Waals surface area contributed by atoms with Gasteiger partial charge in [-0.2, -0.15) is 0 Å². The first kappa shape index (κ1) is 20.9. The van der Waals surface area contributed by atoms with E-state index in [0.29, 0.717) is 44.2 Å². The maximum Gasteiger partial charge on any atom is 0.0636 e. The number of benzene rings is 9. The zero-order chi connectivity index (χ0) is 37.4. The monoisotopic (exact) mass is 603 g/mol. The third-order valence-electron chi connectivity index (χ3n) is 9.16. The SMILES string of the molecule is [2H]c1c([2H])c([2H])c2c(-c3cccc4ccccc34)c3c([2H])c(-c4cccc5ccc(-c6ccc(C)cc6)cc45)c([2H])c([2H])c3c(-c3ccccc3)c2c1[2H]. The van der Waals surface area contributed by atoms with Crippen molar-refractivity contribution in [2.75, 3.05) is 0 Å². The minimum Gasteiger partial charge on any atom is -0.0622 e. The van der Waals surface area contributed by atoms with Gasteiger partial charge < -0.3 is 0 Å². The molecule has 0 heteroatoms. The Kier molecular flexibility index (Phi) is 4.95. The van der Waals surface area contributed by atoms with Crippen LogP contribution in [0.5, 0.6) is 0 Å². The molecule has 47 heavy (non-hydrogen) atoms. The van der Waals surface area contributed by atoms with Gasteiger partial charge >= 0.3 is 0 Å². The van der Waals surface area contributed by atoms with Crippen LogP contribution >= 0.6 is 0 Å². The van der Waals surface area contributed by atoms with E-state index >= 15 is 0 Å². The standard InChI is InChI=1S/C47H32/c1-31-21-23-32(24-22-31)36-26-25-34-15-9-19-39(44(34)29-36)37-27-28-43-45(30-37)47(40-20-10-14-33-11-5-6-16-38(33)40)42-18-8-7-17-41(42)46(43)35-12-3-2-4-13-35/h2-30H,1H3/i7D,8D,17D,18D,27D,28D,30D. The second kappa shape index (κ2) is 11.1. The molecule has 0 saturated carbocycles. The lowest BCUT2D eigenvalue weighted by Gasteiger charge is -2.20. The summed E-state index contributed by atoms with van der Waals surface area (Å²) in [6.07, 6.45) is 0. The summed E-state index contributed by atoms with van der Waals surface area (Å²) in [5.74, 6) is 0. The molecule has 0 bridgehead atoms. The van der Waals surface area contributed by atoms with Gasteiger partial charge in [0.15, 0.2) is 0 Å². The first-order valence-corrected chi connectivity index (χ1v) is 15.8. The van der Waals surface area contributed by atoms with Gasteiger partial charge in [-0.1, -0.05) is 169 Å². The predicted octanol–water partition coefficient (Wildman–Crippen LogP) is 13.3. The van der Waals surface area contributed by atoms with Crippen molar-refractivity contribution in [1.82, 2.24) is 0 Å². The Hall–Kier alpha value is -5.98. The second-order valence-corrected chi connectivity index (χ2v) is 12.0. The van der Waals surface area contributed by atoms with Crippen molar-refractivity contribution in [1.29, 1.82) is 0 Å². The van der Waals surface area contributed by atoms with Gasteiger partial charge in [0.25, 0.3) is 0 Å². The second-order valence-electron chi connectivity index (χ2n) is 12.0. The predicted molar refractivity (Wildman–Crippen MR) is 203 cm³/mol. The van der Waals surface area contributed by atoms with Crippen LogP contribution in [0.2, 0.25) is 0 Å². The Bertz CT molecular complexity index is 3000. The zero-order valence-electron chi connectivity index (χ0n) is 32.7. The van der Waals surface area contributed by atoms with Gasteiger partial charge in [-0.05, 0) is 107 Å². The summed E-state index contributed by atoms with van der Waals surface area (Å²) in [4.78, 5) is 0. The molecule has 220 valence electrons. The highest BCUT2D eigenvalue weighted by Crippen LogP contribution is 2.46. The topological polar surface area (TPSA) is 0 Å². The molecular formula is C47H32. The van der Waals surface area contributed by atoms with Crippen molar-refractivity contribution in [3.05, 3.63) is 181 Å². The molecule has 0 saturated heterocycles. The highest BCUT2D eigenvalue weighted by Gasteiger charge is 2.19. The van der Waals surface area contributed by atoms with Crippen molar-refractivity contribution in [3.8, 4) is 44.5 Å². The van der Waals surface area contributed by atoms with Crippen LogP contribution < -0.4 is 0 Å². The molecule has 9 aromatic carbocycles. The van der Waals surface area contributed by atoms with Crippen LogP contribution in [0.1, 0.15) is 15.2 Å². The Balaban J connectivity index is 1.53. The zero-order valence-corrected chi connectivity index (χ0v) is 25.7. The molecule has 0 aliphatic carbocycles. The third-order valence-corrected chi connectivity index (χ3v) is 9.16. The van der Waals surface area contributed by atoms with E-state index in [-0.39, 0.29) is 53.1 Å². The van der Waals surface area contributed by atoms with E-state index in [2.05, 4.69) is 43.3 Å². The van der Waals surface area contributed by atoms with E-state index in [0.717, 1.165) is 38.2 Å². The van der Waals surface area contributed by atoms with E-state index in [9.17, 15) is 6.85 Å². The van der Waals surface area contributed by atoms with Crippen molar-refractivity contribution in [2.24, 2.45) is 0 Å². The van der Waals surface area contributed by atoms with Crippen LogP contribution in [-0.4, -0.2) is 0 Å².